The van der Waals surface area contributed by atoms with E-state index in [4.69, 9.17) is 0 Å². The van der Waals surface area contributed by atoms with Crippen molar-refractivity contribution in [1.82, 2.24) is 9.55 Å². The zero-order chi connectivity index (χ0) is 20.3. The molecule has 1 amide bonds. The third-order valence-electron chi connectivity index (χ3n) is 3.70. The number of thioether (sulfide) groups is 1. The van der Waals surface area contributed by atoms with Gasteiger partial charge in [0.1, 0.15) is 4.83 Å². The Morgan fingerprint density at radius 1 is 1.32 bits per heavy atom. The zero-order valence-electron chi connectivity index (χ0n) is 14.3. The number of alkyl halides is 3. The second-order valence-electron chi connectivity index (χ2n) is 5.62. The topological polar surface area (TPSA) is 64.0 Å². The lowest BCUT2D eigenvalue weighted by Gasteiger charge is -2.14. The summed E-state index contributed by atoms with van der Waals surface area (Å²) in [4.78, 5) is 29.7. The average Bonchev–Trinajstić information content (AvgIpc) is 3.11. The summed E-state index contributed by atoms with van der Waals surface area (Å²) in [7, 11) is 0. The molecule has 0 aliphatic heterocycles. The third kappa shape index (κ3) is 4.28. The first-order valence-electron chi connectivity index (χ1n) is 7.99. The SMILES string of the molecule is C=CCn1c(SCC(=O)Nc2ccccc2C(F)(F)F)nc2sccc2c1=O. The normalized spacial score (nSPS) is 11.5. The van der Waals surface area contributed by atoms with Crippen molar-refractivity contribution in [2.24, 2.45) is 0 Å². The number of carbonyl (C=O) groups is 1. The van der Waals surface area contributed by atoms with Crippen LogP contribution in [0.15, 0.2) is 58.3 Å². The van der Waals surface area contributed by atoms with Crippen molar-refractivity contribution in [3.63, 3.8) is 0 Å². The second kappa shape index (κ2) is 8.19. The first-order chi connectivity index (χ1) is 13.3. The van der Waals surface area contributed by atoms with Gasteiger partial charge in [-0.15, -0.1) is 17.9 Å². The number of aromatic nitrogens is 2. The number of para-hydroxylation sites is 1. The number of nitrogens with one attached hydrogen (secondary N) is 1. The Kier molecular flexibility index (Phi) is 5.90. The van der Waals surface area contributed by atoms with Gasteiger partial charge in [-0.3, -0.25) is 14.2 Å². The molecular weight excluding hydrogens is 411 g/mol. The van der Waals surface area contributed by atoms with Crippen LogP contribution in [0.3, 0.4) is 0 Å². The molecule has 0 fully saturated rings. The molecule has 0 saturated carbocycles. The predicted octanol–water partition coefficient (Wildman–Crippen LogP) is 4.39. The molecule has 0 radical (unpaired) electrons. The van der Waals surface area contributed by atoms with Gasteiger partial charge < -0.3 is 5.32 Å². The number of allylic oxidation sites excluding steroid dienone is 1. The molecule has 2 heterocycles. The number of hydrogen-bond donors (Lipinski definition) is 1. The molecular formula is C18H14F3N3O2S2. The van der Waals surface area contributed by atoms with Crippen LogP contribution in [0.4, 0.5) is 18.9 Å². The van der Waals surface area contributed by atoms with Gasteiger partial charge in [-0.1, -0.05) is 30.0 Å². The van der Waals surface area contributed by atoms with Crippen molar-refractivity contribution in [2.45, 2.75) is 17.9 Å². The van der Waals surface area contributed by atoms with E-state index in [9.17, 15) is 22.8 Å². The molecule has 10 heteroatoms. The van der Waals surface area contributed by atoms with Crippen molar-refractivity contribution in [3.05, 3.63) is 64.3 Å². The average molecular weight is 425 g/mol. The van der Waals surface area contributed by atoms with Crippen LogP contribution < -0.4 is 10.9 Å². The van der Waals surface area contributed by atoms with E-state index in [1.54, 1.807) is 11.4 Å². The zero-order valence-corrected chi connectivity index (χ0v) is 16.0. The molecule has 1 aromatic carbocycles. The number of fused-ring (bicyclic) bond motifs is 1. The van der Waals surface area contributed by atoms with Crippen LogP contribution >= 0.6 is 23.1 Å². The molecule has 3 aromatic rings. The summed E-state index contributed by atoms with van der Waals surface area (Å²) >= 11 is 2.27. The van der Waals surface area contributed by atoms with Crippen LogP contribution in [-0.2, 0) is 17.5 Å². The summed E-state index contributed by atoms with van der Waals surface area (Å²) in [6, 6.07) is 6.42. The summed E-state index contributed by atoms with van der Waals surface area (Å²) in [5.74, 6) is -0.834. The Balaban J connectivity index is 1.80. The largest absolute Gasteiger partial charge is 0.418 e. The van der Waals surface area contributed by atoms with E-state index >= 15 is 0 Å². The highest BCUT2D eigenvalue weighted by Crippen LogP contribution is 2.34. The van der Waals surface area contributed by atoms with Gasteiger partial charge in [-0.05, 0) is 23.6 Å². The van der Waals surface area contributed by atoms with Crippen molar-refractivity contribution in [2.75, 3.05) is 11.1 Å². The van der Waals surface area contributed by atoms with Crippen molar-refractivity contribution >= 4 is 44.9 Å². The maximum atomic E-state index is 13.0. The fraction of sp³-hybridized carbons (Fsp3) is 0.167. The summed E-state index contributed by atoms with van der Waals surface area (Å²) in [6.45, 7) is 3.82. The molecule has 0 atom stereocenters. The fourth-order valence-corrected chi connectivity index (χ4v) is 4.10. The van der Waals surface area contributed by atoms with E-state index in [-0.39, 0.29) is 23.5 Å². The van der Waals surface area contributed by atoms with E-state index in [0.29, 0.717) is 15.4 Å². The van der Waals surface area contributed by atoms with Crippen molar-refractivity contribution in [1.29, 1.82) is 0 Å². The van der Waals surface area contributed by atoms with Crippen molar-refractivity contribution in [3.8, 4) is 0 Å². The van der Waals surface area contributed by atoms with Crippen molar-refractivity contribution < 1.29 is 18.0 Å². The highest BCUT2D eigenvalue weighted by Gasteiger charge is 2.33. The van der Waals surface area contributed by atoms with Crippen LogP contribution in [0.1, 0.15) is 5.56 Å². The van der Waals surface area contributed by atoms with E-state index in [0.717, 1.165) is 17.8 Å². The van der Waals surface area contributed by atoms with Gasteiger partial charge in [-0.25, -0.2) is 4.98 Å². The van der Waals surface area contributed by atoms with E-state index in [1.807, 2.05) is 0 Å². The number of amides is 1. The minimum absolute atomic E-state index is 0.202. The Hall–Kier alpha value is -2.59. The van der Waals surface area contributed by atoms with Gasteiger partial charge in [-0.2, -0.15) is 13.2 Å². The molecule has 0 unspecified atom stereocenters. The predicted molar refractivity (Wildman–Crippen MR) is 105 cm³/mol. The van der Waals surface area contributed by atoms with Crippen LogP contribution in [0.5, 0.6) is 0 Å². The van der Waals surface area contributed by atoms with Crippen LogP contribution in [-0.4, -0.2) is 21.2 Å². The number of hydrogen-bond acceptors (Lipinski definition) is 5. The number of anilines is 1. The Labute approximate surface area is 165 Å². The van der Waals surface area contributed by atoms with Gasteiger partial charge in [0.15, 0.2) is 5.16 Å². The van der Waals surface area contributed by atoms with Gasteiger partial charge in [0, 0.05) is 6.54 Å². The van der Waals surface area contributed by atoms with Gasteiger partial charge in [0.25, 0.3) is 5.56 Å². The van der Waals surface area contributed by atoms with Crippen LogP contribution in [0.2, 0.25) is 0 Å². The monoisotopic (exact) mass is 425 g/mol. The summed E-state index contributed by atoms with van der Waals surface area (Å²) in [5, 5.41) is 4.79. The third-order valence-corrected chi connectivity index (χ3v) is 5.48. The number of rotatable bonds is 6. The van der Waals surface area contributed by atoms with Crippen LogP contribution in [0.25, 0.3) is 10.2 Å². The minimum Gasteiger partial charge on any atom is -0.325 e. The highest BCUT2D eigenvalue weighted by molar-refractivity contribution is 7.99. The standard InChI is InChI=1S/C18H14F3N3O2S2/c1-2-8-24-16(26)11-7-9-27-15(11)23-17(24)28-10-14(25)22-13-6-4-3-5-12(13)18(19,20)21/h2-7,9H,1,8,10H2,(H,22,25). The number of nitrogens with zero attached hydrogens (tertiary/aromatic N) is 2. The Bertz CT molecular complexity index is 1090. The quantitative estimate of drug-likeness (QED) is 0.361. The van der Waals surface area contributed by atoms with E-state index in [2.05, 4.69) is 16.9 Å². The summed E-state index contributed by atoms with van der Waals surface area (Å²) < 4.78 is 40.5. The Morgan fingerprint density at radius 3 is 2.79 bits per heavy atom. The molecule has 1 N–H and O–H groups in total. The molecule has 0 spiro atoms. The molecule has 28 heavy (non-hydrogen) atoms. The Morgan fingerprint density at radius 2 is 2.07 bits per heavy atom. The number of benzene rings is 1. The van der Waals surface area contributed by atoms with Gasteiger partial charge in [0.2, 0.25) is 5.91 Å². The summed E-state index contributed by atoms with van der Waals surface area (Å²) in [6.07, 6.45) is -3.04. The van der Waals surface area contributed by atoms with Gasteiger partial charge >= 0.3 is 6.18 Å². The molecule has 5 nitrogen and oxygen atoms in total. The number of carbonyl (C=O) groups excluding carboxylic acids is 1. The lowest BCUT2D eigenvalue weighted by atomic mass is 10.1. The molecule has 0 aliphatic carbocycles. The first kappa shape index (κ1) is 20.2. The van der Waals surface area contributed by atoms with E-state index in [1.165, 1.54) is 40.2 Å². The second-order valence-corrected chi connectivity index (χ2v) is 7.46. The smallest absolute Gasteiger partial charge is 0.325 e. The molecule has 3 rings (SSSR count). The summed E-state index contributed by atoms with van der Waals surface area (Å²) in [5.41, 5.74) is -1.49. The maximum Gasteiger partial charge on any atom is 0.418 e. The van der Waals surface area contributed by atoms with Gasteiger partial charge in [0.05, 0.1) is 22.4 Å². The fourth-order valence-electron chi connectivity index (χ4n) is 2.49. The lowest BCUT2D eigenvalue weighted by Crippen LogP contribution is -2.23. The maximum absolute atomic E-state index is 13.0. The minimum atomic E-state index is -4.58. The van der Waals surface area contributed by atoms with Crippen LogP contribution in [0, 0.1) is 0 Å². The molecule has 2 aromatic heterocycles. The van der Waals surface area contributed by atoms with E-state index < -0.39 is 17.6 Å². The molecule has 146 valence electrons. The highest BCUT2D eigenvalue weighted by atomic mass is 32.2. The molecule has 0 saturated heterocycles. The first-order valence-corrected chi connectivity index (χ1v) is 9.85. The number of thiophene rings is 1. The molecule has 0 aliphatic rings. The molecule has 0 bridgehead atoms. The lowest BCUT2D eigenvalue weighted by molar-refractivity contribution is -0.137. The number of halogens is 3.